The number of carbonyl (C=O) groups excluding carboxylic acids is 2. The van der Waals surface area contributed by atoms with Crippen molar-refractivity contribution in [3.8, 4) is 0 Å². The molecular formula is C13H18BrN5O2. The van der Waals surface area contributed by atoms with Gasteiger partial charge in [-0.25, -0.2) is 9.97 Å². The molecule has 0 radical (unpaired) electrons. The smallest absolute Gasteiger partial charge is 0.249 e. The minimum atomic E-state index is -0.409. The van der Waals surface area contributed by atoms with E-state index in [9.17, 15) is 9.59 Å². The Kier molecular flexibility index (Phi) is 5.11. The summed E-state index contributed by atoms with van der Waals surface area (Å²) in [4.78, 5) is 33.7. The zero-order valence-electron chi connectivity index (χ0n) is 12.0. The normalized spacial score (nSPS) is 18.6. The van der Waals surface area contributed by atoms with Crippen LogP contribution in [0.4, 0.5) is 11.6 Å². The van der Waals surface area contributed by atoms with Gasteiger partial charge in [-0.2, -0.15) is 0 Å². The summed E-state index contributed by atoms with van der Waals surface area (Å²) in [6, 6.07) is -0.409. The third-order valence-electron chi connectivity index (χ3n) is 3.23. The number of rotatable bonds is 5. The second-order valence-electron chi connectivity index (χ2n) is 4.75. The second kappa shape index (κ2) is 6.84. The highest BCUT2D eigenvalue weighted by atomic mass is 79.9. The van der Waals surface area contributed by atoms with Crippen molar-refractivity contribution in [2.75, 3.05) is 23.3 Å². The lowest BCUT2D eigenvalue weighted by atomic mass is 10.1. The van der Waals surface area contributed by atoms with Gasteiger partial charge in [-0.3, -0.25) is 14.9 Å². The zero-order valence-corrected chi connectivity index (χ0v) is 13.6. The molecule has 2 heterocycles. The van der Waals surface area contributed by atoms with Crippen molar-refractivity contribution in [2.45, 2.75) is 32.7 Å². The molecule has 0 aliphatic carbocycles. The first-order valence-electron chi connectivity index (χ1n) is 6.93. The van der Waals surface area contributed by atoms with E-state index in [1.807, 2.05) is 6.92 Å². The van der Waals surface area contributed by atoms with Crippen LogP contribution < -0.4 is 15.5 Å². The van der Waals surface area contributed by atoms with E-state index >= 15 is 0 Å². The monoisotopic (exact) mass is 355 g/mol. The van der Waals surface area contributed by atoms with Crippen LogP contribution in [0.25, 0.3) is 0 Å². The quantitative estimate of drug-likeness (QED) is 0.774. The molecular weight excluding hydrogens is 338 g/mol. The molecule has 2 N–H and O–H groups in total. The number of hydrogen-bond acceptors (Lipinski definition) is 6. The number of nitrogens with one attached hydrogen (secondary N) is 2. The van der Waals surface area contributed by atoms with Gasteiger partial charge in [0.2, 0.25) is 11.8 Å². The maximum atomic E-state index is 11.9. The predicted molar refractivity (Wildman–Crippen MR) is 83.1 cm³/mol. The van der Waals surface area contributed by atoms with Gasteiger partial charge in [0, 0.05) is 6.54 Å². The summed E-state index contributed by atoms with van der Waals surface area (Å²) in [6.45, 7) is 4.85. The fraction of sp³-hybridized carbons (Fsp3) is 0.538. The average molecular weight is 356 g/mol. The van der Waals surface area contributed by atoms with Gasteiger partial charge < -0.3 is 10.2 Å². The van der Waals surface area contributed by atoms with Crippen molar-refractivity contribution in [3.63, 3.8) is 0 Å². The Morgan fingerprint density at radius 2 is 2.19 bits per heavy atom. The molecule has 21 heavy (non-hydrogen) atoms. The Bertz CT molecular complexity index is 551. The summed E-state index contributed by atoms with van der Waals surface area (Å²) < 4.78 is 0.666. The Morgan fingerprint density at radius 3 is 2.86 bits per heavy atom. The van der Waals surface area contributed by atoms with Gasteiger partial charge in [-0.05, 0) is 28.8 Å². The molecule has 1 atom stereocenters. The largest absolute Gasteiger partial charge is 0.369 e. The Balaban J connectivity index is 2.34. The van der Waals surface area contributed by atoms with Crippen LogP contribution in [0, 0.1) is 0 Å². The molecule has 0 aromatic carbocycles. The number of hydrogen-bond donors (Lipinski definition) is 2. The molecule has 1 fully saturated rings. The highest BCUT2D eigenvalue weighted by Crippen LogP contribution is 2.31. The molecule has 1 unspecified atom stereocenters. The van der Waals surface area contributed by atoms with Crippen molar-refractivity contribution in [1.29, 1.82) is 0 Å². The van der Waals surface area contributed by atoms with Gasteiger partial charge >= 0.3 is 0 Å². The molecule has 0 saturated carbocycles. The van der Waals surface area contributed by atoms with E-state index in [2.05, 4.69) is 43.5 Å². The molecule has 114 valence electrons. The number of amides is 2. The predicted octanol–water partition coefficient (Wildman–Crippen LogP) is 1.30. The Labute approximate surface area is 131 Å². The Hall–Kier alpha value is -1.70. The number of imide groups is 1. The van der Waals surface area contributed by atoms with Crippen LogP contribution in [0.1, 0.15) is 26.7 Å². The van der Waals surface area contributed by atoms with Gasteiger partial charge in [-0.15, -0.1) is 0 Å². The SMILES string of the molecule is CCCNc1ncnc(N2CC(=O)NC(=O)C2CC)c1Br. The minimum Gasteiger partial charge on any atom is -0.369 e. The van der Waals surface area contributed by atoms with Crippen molar-refractivity contribution in [1.82, 2.24) is 15.3 Å². The molecule has 1 aliphatic rings. The van der Waals surface area contributed by atoms with Crippen molar-refractivity contribution in [3.05, 3.63) is 10.8 Å². The number of carbonyl (C=O) groups is 2. The van der Waals surface area contributed by atoms with E-state index in [-0.39, 0.29) is 18.4 Å². The van der Waals surface area contributed by atoms with E-state index in [0.717, 1.165) is 13.0 Å². The number of nitrogens with zero attached hydrogens (tertiary/aromatic N) is 3. The molecule has 2 rings (SSSR count). The molecule has 0 bridgehead atoms. The lowest BCUT2D eigenvalue weighted by Gasteiger charge is -2.34. The Morgan fingerprint density at radius 1 is 1.43 bits per heavy atom. The van der Waals surface area contributed by atoms with E-state index in [1.54, 1.807) is 4.90 Å². The molecule has 0 spiro atoms. The molecule has 1 aliphatic heterocycles. The number of aromatic nitrogens is 2. The summed E-state index contributed by atoms with van der Waals surface area (Å²) >= 11 is 3.47. The molecule has 8 heteroatoms. The fourth-order valence-corrected chi connectivity index (χ4v) is 2.80. The third kappa shape index (κ3) is 3.31. The van der Waals surface area contributed by atoms with Crippen LogP contribution in [-0.2, 0) is 9.59 Å². The van der Waals surface area contributed by atoms with Crippen LogP contribution in [-0.4, -0.2) is 40.9 Å². The lowest BCUT2D eigenvalue weighted by molar-refractivity contribution is -0.132. The van der Waals surface area contributed by atoms with Crippen LogP contribution in [0.2, 0.25) is 0 Å². The summed E-state index contributed by atoms with van der Waals surface area (Å²) in [6.07, 6.45) is 2.99. The van der Waals surface area contributed by atoms with Gasteiger partial charge in [0.25, 0.3) is 0 Å². The molecule has 2 amide bonds. The third-order valence-corrected chi connectivity index (χ3v) is 3.96. The summed E-state index contributed by atoms with van der Waals surface area (Å²) in [5, 5.41) is 5.54. The van der Waals surface area contributed by atoms with E-state index in [1.165, 1.54) is 6.33 Å². The first kappa shape index (κ1) is 15.7. The van der Waals surface area contributed by atoms with E-state index < -0.39 is 6.04 Å². The van der Waals surface area contributed by atoms with Crippen LogP contribution in [0.3, 0.4) is 0 Å². The summed E-state index contributed by atoms with van der Waals surface area (Å²) in [7, 11) is 0. The van der Waals surface area contributed by atoms with Gasteiger partial charge in [0.15, 0.2) is 0 Å². The average Bonchev–Trinajstić information content (AvgIpc) is 2.45. The summed E-state index contributed by atoms with van der Waals surface area (Å²) in [5.74, 6) is 0.606. The maximum Gasteiger partial charge on any atom is 0.249 e. The van der Waals surface area contributed by atoms with Gasteiger partial charge in [0.05, 0.1) is 6.54 Å². The summed E-state index contributed by atoms with van der Waals surface area (Å²) in [5.41, 5.74) is 0. The van der Waals surface area contributed by atoms with Gasteiger partial charge in [0.1, 0.15) is 28.5 Å². The first-order valence-corrected chi connectivity index (χ1v) is 7.72. The van der Waals surface area contributed by atoms with E-state index in [4.69, 9.17) is 0 Å². The van der Waals surface area contributed by atoms with Crippen molar-refractivity contribution in [2.24, 2.45) is 0 Å². The van der Waals surface area contributed by atoms with E-state index in [0.29, 0.717) is 22.5 Å². The van der Waals surface area contributed by atoms with Crippen LogP contribution >= 0.6 is 15.9 Å². The maximum absolute atomic E-state index is 11.9. The minimum absolute atomic E-state index is 0.104. The first-order chi connectivity index (χ1) is 10.1. The second-order valence-corrected chi connectivity index (χ2v) is 5.54. The lowest BCUT2D eigenvalue weighted by Crippen LogP contribution is -2.58. The number of halogens is 1. The molecule has 7 nitrogen and oxygen atoms in total. The highest BCUT2D eigenvalue weighted by molar-refractivity contribution is 9.10. The molecule has 1 saturated heterocycles. The molecule has 1 aromatic rings. The number of piperazine rings is 1. The van der Waals surface area contributed by atoms with Crippen molar-refractivity contribution >= 4 is 39.4 Å². The fourth-order valence-electron chi connectivity index (χ4n) is 2.22. The van der Waals surface area contributed by atoms with Gasteiger partial charge in [-0.1, -0.05) is 13.8 Å². The van der Waals surface area contributed by atoms with Crippen LogP contribution in [0.5, 0.6) is 0 Å². The van der Waals surface area contributed by atoms with Crippen LogP contribution in [0.15, 0.2) is 10.8 Å². The number of anilines is 2. The topological polar surface area (TPSA) is 87.2 Å². The molecule has 1 aromatic heterocycles. The van der Waals surface area contributed by atoms with Crippen molar-refractivity contribution < 1.29 is 9.59 Å². The standard InChI is InChI=1S/C13H18BrN5O2/c1-3-5-15-11-10(14)12(17-7-16-11)19-6-9(20)18-13(21)8(19)4-2/h7-8H,3-6H2,1-2H3,(H,15,16,17)(H,18,20,21). The highest BCUT2D eigenvalue weighted by Gasteiger charge is 2.34. The zero-order chi connectivity index (χ0) is 15.4.